The maximum atomic E-state index is 13.2. The number of hydrogen-bond acceptors (Lipinski definition) is 6. The van der Waals surface area contributed by atoms with E-state index in [0.29, 0.717) is 56.3 Å². The number of hydrogen-bond donors (Lipinski definition) is 3. The van der Waals surface area contributed by atoms with Crippen molar-refractivity contribution in [1.82, 2.24) is 20.1 Å². The molecule has 1 atom stereocenters. The number of allylic oxidation sites excluding steroid dienone is 2. The fourth-order valence-electron chi connectivity index (χ4n) is 5.50. The number of pyridine rings is 1. The number of nitrogens with one attached hydrogen (secondary N) is 3. The van der Waals surface area contributed by atoms with Gasteiger partial charge in [0, 0.05) is 40.1 Å². The largest absolute Gasteiger partial charge is 0.446 e. The molecule has 4 aliphatic rings. The van der Waals surface area contributed by atoms with E-state index in [9.17, 15) is 9.59 Å². The Kier molecular flexibility index (Phi) is 6.64. The molecule has 1 saturated heterocycles. The smallest absolute Gasteiger partial charge is 0.410 e. The molecule has 36 heavy (non-hydrogen) atoms. The van der Waals surface area contributed by atoms with Gasteiger partial charge in [-0.2, -0.15) is 0 Å². The van der Waals surface area contributed by atoms with E-state index >= 15 is 0 Å². The summed E-state index contributed by atoms with van der Waals surface area (Å²) in [6, 6.07) is 1.78. The van der Waals surface area contributed by atoms with Gasteiger partial charge in [0.15, 0.2) is 0 Å². The van der Waals surface area contributed by atoms with Crippen molar-refractivity contribution in [2.45, 2.75) is 76.5 Å². The van der Waals surface area contributed by atoms with Gasteiger partial charge >= 0.3 is 6.09 Å². The van der Waals surface area contributed by atoms with Crippen molar-refractivity contribution >= 4 is 23.7 Å². The van der Waals surface area contributed by atoms with E-state index in [4.69, 9.17) is 15.6 Å². The summed E-state index contributed by atoms with van der Waals surface area (Å²) in [4.78, 5) is 33.7. The lowest BCUT2D eigenvalue weighted by molar-refractivity contribution is 0.0618. The van der Waals surface area contributed by atoms with Crippen LogP contribution in [0.2, 0.25) is 0 Å². The molecule has 2 amide bonds. The standard InChI is InChI=1S/C27H34N6O3.H2/c1-27(11-4-6-18(15-27)24(29)33-12-5-9-23(33)28)31-25(34)22-14-20-17-32(13-10-19(20)16-30-22)26(35)36-21-7-2-3-8-21;/h4,6,11,14,16,21,28-29H,2-3,5,7-10,12-13,15,17H2,1H3,(H,31,34);1H. The highest BCUT2D eigenvalue weighted by Gasteiger charge is 2.32. The van der Waals surface area contributed by atoms with Gasteiger partial charge in [0.1, 0.15) is 23.5 Å². The normalized spacial score (nSPS) is 23.9. The molecule has 1 unspecified atom stereocenters. The van der Waals surface area contributed by atoms with Crippen LogP contribution in [-0.2, 0) is 17.7 Å². The van der Waals surface area contributed by atoms with Gasteiger partial charge in [0.05, 0.1) is 5.54 Å². The van der Waals surface area contributed by atoms with Crippen LogP contribution in [0.3, 0.4) is 0 Å². The Morgan fingerprint density at radius 1 is 1.19 bits per heavy atom. The van der Waals surface area contributed by atoms with Crippen molar-refractivity contribution in [2.24, 2.45) is 0 Å². The van der Waals surface area contributed by atoms with Gasteiger partial charge in [-0.3, -0.25) is 20.6 Å². The zero-order valence-electron chi connectivity index (χ0n) is 20.8. The Balaban J connectivity index is 0.00000320. The topological polar surface area (TPSA) is 122 Å². The lowest BCUT2D eigenvalue weighted by Crippen LogP contribution is -2.47. The van der Waals surface area contributed by atoms with Crippen LogP contribution in [-0.4, -0.2) is 63.2 Å². The summed E-state index contributed by atoms with van der Waals surface area (Å²) in [5, 5.41) is 19.7. The SMILES string of the molecule is CC1(NC(=O)c2cc3c(cn2)CCN(C(=O)OC2CCCC2)C3)C=CC=C(C(=N)N2CCCC2=N)C1.[HH]. The second-order valence-electron chi connectivity index (χ2n) is 10.4. The number of rotatable bonds is 4. The summed E-state index contributed by atoms with van der Waals surface area (Å²) < 4.78 is 5.68. The predicted octanol–water partition coefficient (Wildman–Crippen LogP) is 4.19. The monoisotopic (exact) mass is 492 g/mol. The van der Waals surface area contributed by atoms with Crippen molar-refractivity contribution in [3.05, 3.63) is 52.9 Å². The molecule has 2 aliphatic heterocycles. The Labute approximate surface area is 213 Å². The fraction of sp³-hybridized carbons (Fsp3) is 0.519. The van der Waals surface area contributed by atoms with Crippen LogP contribution in [0, 0.1) is 10.8 Å². The summed E-state index contributed by atoms with van der Waals surface area (Å²) in [5.74, 6) is 0.511. The number of fused-ring (bicyclic) bond motifs is 1. The number of carbonyl (C=O) groups excluding carboxylic acids is 2. The van der Waals surface area contributed by atoms with Gasteiger partial charge in [-0.1, -0.05) is 18.2 Å². The molecule has 0 radical (unpaired) electrons. The van der Waals surface area contributed by atoms with Crippen molar-refractivity contribution in [1.29, 1.82) is 10.8 Å². The molecule has 5 rings (SSSR count). The minimum Gasteiger partial charge on any atom is -0.446 e. The van der Waals surface area contributed by atoms with E-state index in [-0.39, 0.29) is 19.5 Å². The first-order valence-electron chi connectivity index (χ1n) is 12.9. The highest BCUT2D eigenvalue weighted by Crippen LogP contribution is 2.28. The minimum absolute atomic E-state index is 0. The maximum Gasteiger partial charge on any atom is 0.410 e. The summed E-state index contributed by atoms with van der Waals surface area (Å²) in [5.41, 5.74) is 2.39. The molecule has 1 aromatic heterocycles. The van der Waals surface area contributed by atoms with Gasteiger partial charge in [-0.05, 0) is 68.2 Å². The molecule has 0 spiro atoms. The van der Waals surface area contributed by atoms with E-state index < -0.39 is 5.54 Å². The molecular weight excluding hydrogens is 456 g/mol. The van der Waals surface area contributed by atoms with E-state index in [1.165, 1.54) is 0 Å². The van der Waals surface area contributed by atoms with Crippen LogP contribution in [0.5, 0.6) is 0 Å². The molecular formula is C27H36N6O3. The van der Waals surface area contributed by atoms with Gasteiger partial charge in [-0.15, -0.1) is 0 Å². The average Bonchev–Trinajstić information content (AvgIpc) is 3.54. The molecule has 3 N–H and O–H groups in total. The molecule has 192 valence electrons. The lowest BCUT2D eigenvalue weighted by Gasteiger charge is -2.33. The number of ether oxygens (including phenoxy) is 1. The van der Waals surface area contributed by atoms with Crippen LogP contribution in [0.1, 0.15) is 74.9 Å². The van der Waals surface area contributed by atoms with Gasteiger partial charge in [-0.25, -0.2) is 4.79 Å². The number of aromatic nitrogens is 1. The highest BCUT2D eigenvalue weighted by atomic mass is 16.6. The molecule has 1 aromatic rings. The van der Waals surface area contributed by atoms with Crippen LogP contribution >= 0.6 is 0 Å². The third-order valence-corrected chi connectivity index (χ3v) is 7.57. The van der Waals surface area contributed by atoms with E-state index in [1.807, 2.05) is 25.2 Å². The minimum atomic E-state index is -0.677. The van der Waals surface area contributed by atoms with E-state index in [1.54, 1.807) is 22.1 Å². The van der Waals surface area contributed by atoms with Crippen LogP contribution in [0.4, 0.5) is 4.79 Å². The number of amides is 2. The van der Waals surface area contributed by atoms with Crippen LogP contribution in [0.15, 0.2) is 36.1 Å². The summed E-state index contributed by atoms with van der Waals surface area (Å²) in [6.45, 7) is 3.61. The number of amidine groups is 2. The average molecular weight is 493 g/mol. The molecule has 2 fully saturated rings. The van der Waals surface area contributed by atoms with Crippen molar-refractivity contribution in [3.63, 3.8) is 0 Å². The molecule has 2 aliphatic carbocycles. The zero-order chi connectivity index (χ0) is 25.3. The summed E-state index contributed by atoms with van der Waals surface area (Å²) in [7, 11) is 0. The Hall–Kier alpha value is -3.49. The van der Waals surface area contributed by atoms with Crippen molar-refractivity contribution in [2.75, 3.05) is 13.1 Å². The second-order valence-corrected chi connectivity index (χ2v) is 10.4. The quantitative estimate of drug-likeness (QED) is 0.430. The Morgan fingerprint density at radius 2 is 2.00 bits per heavy atom. The van der Waals surface area contributed by atoms with E-state index in [2.05, 4.69) is 10.3 Å². The molecule has 0 aromatic carbocycles. The first-order valence-corrected chi connectivity index (χ1v) is 12.9. The number of likely N-dealkylation sites (tertiary alicyclic amines) is 1. The Morgan fingerprint density at radius 3 is 2.75 bits per heavy atom. The molecule has 3 heterocycles. The van der Waals surface area contributed by atoms with Gasteiger partial charge in [0.2, 0.25) is 0 Å². The molecule has 9 heteroatoms. The maximum absolute atomic E-state index is 13.2. The first kappa shape index (κ1) is 24.2. The third kappa shape index (κ3) is 5.05. The number of nitrogens with zero attached hydrogens (tertiary/aromatic N) is 3. The van der Waals surface area contributed by atoms with E-state index in [0.717, 1.165) is 48.8 Å². The zero-order valence-corrected chi connectivity index (χ0v) is 20.8. The van der Waals surface area contributed by atoms with Crippen LogP contribution in [0.25, 0.3) is 0 Å². The highest BCUT2D eigenvalue weighted by molar-refractivity contribution is 6.08. The second kappa shape index (κ2) is 9.87. The first-order chi connectivity index (χ1) is 17.3. The number of carbonyl (C=O) groups is 2. The van der Waals surface area contributed by atoms with Gasteiger partial charge in [0.25, 0.3) is 5.91 Å². The molecule has 1 saturated carbocycles. The summed E-state index contributed by atoms with van der Waals surface area (Å²) >= 11 is 0. The molecule has 9 nitrogen and oxygen atoms in total. The van der Waals surface area contributed by atoms with Crippen molar-refractivity contribution in [3.8, 4) is 0 Å². The van der Waals surface area contributed by atoms with Crippen LogP contribution < -0.4 is 5.32 Å². The lowest BCUT2D eigenvalue weighted by atomic mass is 9.87. The molecule has 0 bridgehead atoms. The fourth-order valence-corrected chi connectivity index (χ4v) is 5.50. The van der Waals surface area contributed by atoms with Gasteiger partial charge < -0.3 is 19.9 Å². The van der Waals surface area contributed by atoms with Crippen molar-refractivity contribution < 1.29 is 15.8 Å². The third-order valence-electron chi connectivity index (χ3n) is 7.57. The Bertz CT molecular complexity index is 1160. The predicted molar refractivity (Wildman–Crippen MR) is 138 cm³/mol. The summed E-state index contributed by atoms with van der Waals surface area (Å²) in [6.07, 6.45) is 14.0.